The second-order valence-corrected chi connectivity index (χ2v) is 9.06. The highest BCUT2D eigenvalue weighted by molar-refractivity contribution is 5.90. The van der Waals surface area contributed by atoms with Gasteiger partial charge in [0, 0.05) is 0 Å². The van der Waals surface area contributed by atoms with Crippen LogP contribution in [-0.2, 0) is 19.0 Å². The minimum Gasteiger partial charge on any atom is -0.478 e. The zero-order chi connectivity index (χ0) is 24.4. The zero-order valence-corrected chi connectivity index (χ0v) is 19.6. The Bertz CT molecular complexity index is 1010. The molecule has 0 bridgehead atoms. The number of carbonyl (C=O) groups excluding carboxylic acids is 1. The van der Waals surface area contributed by atoms with Gasteiger partial charge < -0.3 is 34.1 Å². The highest BCUT2D eigenvalue weighted by Gasteiger charge is 2.58. The lowest BCUT2D eigenvalue weighted by molar-refractivity contribution is -0.344. The van der Waals surface area contributed by atoms with Crippen molar-refractivity contribution in [3.05, 3.63) is 72.3 Å². The number of hydrogen-bond acceptors (Lipinski definition) is 7. The molecule has 8 heteroatoms. The fourth-order valence-electron chi connectivity index (χ4n) is 4.79. The molecule has 0 aromatic heterocycles. The summed E-state index contributed by atoms with van der Waals surface area (Å²) in [6.45, 7) is 2.23. The van der Waals surface area contributed by atoms with Crippen LogP contribution < -0.4 is 4.74 Å². The number of likely N-dealkylation sites (tertiary alicyclic amines) is 1. The van der Waals surface area contributed by atoms with Crippen LogP contribution in [0.2, 0.25) is 0 Å². The molecular formula is C27H31NO7. The maximum absolute atomic E-state index is 13.3. The molecule has 2 aromatic carbocycles. The van der Waals surface area contributed by atoms with E-state index < -0.39 is 49.1 Å². The number of aliphatic hydroxyl groups is 2. The summed E-state index contributed by atoms with van der Waals surface area (Å²) < 4.78 is 23.7. The van der Waals surface area contributed by atoms with Gasteiger partial charge in [0.05, 0.1) is 12.6 Å². The van der Waals surface area contributed by atoms with Crippen LogP contribution in [0.3, 0.4) is 0 Å². The smallest absolute Gasteiger partial charge is 0.268 e. The monoisotopic (exact) mass is 481 g/mol. The first-order valence-corrected chi connectivity index (χ1v) is 12.1. The molecule has 3 fully saturated rings. The van der Waals surface area contributed by atoms with E-state index in [1.807, 2.05) is 67.6 Å². The largest absolute Gasteiger partial charge is 0.478 e. The second kappa shape index (κ2) is 10.5. The first kappa shape index (κ1) is 24.0. The number of nitrogens with zero attached hydrogens (tertiary/aromatic N) is 1. The number of hydrogen-bond donors (Lipinski definition) is 2. The summed E-state index contributed by atoms with van der Waals surface area (Å²) in [5.74, 6) is 0.248. The van der Waals surface area contributed by atoms with Crippen molar-refractivity contribution in [3.63, 3.8) is 0 Å². The topological polar surface area (TPSA) is 97.7 Å². The van der Waals surface area contributed by atoms with Crippen molar-refractivity contribution in [2.24, 2.45) is 0 Å². The number of fused-ring (bicyclic) bond motifs is 1. The number of benzene rings is 2. The minimum atomic E-state index is -1.34. The van der Waals surface area contributed by atoms with Gasteiger partial charge in [0.15, 0.2) is 12.5 Å². The first-order valence-electron chi connectivity index (χ1n) is 12.1. The molecule has 8 nitrogen and oxygen atoms in total. The quantitative estimate of drug-likeness (QED) is 0.586. The molecule has 8 atom stereocenters. The summed E-state index contributed by atoms with van der Waals surface area (Å²) in [5, 5.41) is 21.9. The van der Waals surface area contributed by atoms with Crippen LogP contribution >= 0.6 is 0 Å². The van der Waals surface area contributed by atoms with Gasteiger partial charge in [0.25, 0.3) is 5.91 Å². The molecule has 0 aliphatic carbocycles. The lowest BCUT2D eigenvalue weighted by Crippen LogP contribution is -2.75. The van der Waals surface area contributed by atoms with Crippen molar-refractivity contribution in [1.29, 1.82) is 0 Å². The molecule has 35 heavy (non-hydrogen) atoms. The van der Waals surface area contributed by atoms with Crippen LogP contribution in [-0.4, -0.2) is 76.7 Å². The molecule has 0 saturated carbocycles. The fraction of sp³-hybridized carbons (Fsp3) is 0.444. The third-order valence-corrected chi connectivity index (χ3v) is 6.63. The van der Waals surface area contributed by atoms with E-state index in [0.29, 0.717) is 12.2 Å². The lowest BCUT2D eigenvalue weighted by atomic mass is 9.90. The number of ether oxygens (including phenoxy) is 4. The first-order chi connectivity index (χ1) is 17.1. The Hall–Kier alpha value is -2.75. The molecule has 1 amide bonds. The number of carbonyl (C=O) groups is 1. The standard InChI is InChI=1S/C27H31NO7/c1-2-9-21-32-16-20-25(35-21)22(29)23(30)27(34-20)28-19(15-14-17-10-5-3-6-11-17)24(26(28)31)33-18-12-7-4-8-13-18/h3-8,10-15,19-25,27,29-30H,2,9,16H2,1H3/b15-14+/t19-,20+,21+,22+,23+,24+,25+,27+/m0/s1. The summed E-state index contributed by atoms with van der Waals surface area (Å²) in [4.78, 5) is 14.7. The Morgan fingerprint density at radius 3 is 2.46 bits per heavy atom. The number of aliphatic hydroxyl groups excluding tert-OH is 2. The molecule has 0 radical (unpaired) electrons. The van der Waals surface area contributed by atoms with E-state index in [0.717, 1.165) is 12.0 Å². The molecule has 3 heterocycles. The molecule has 5 rings (SSSR count). The zero-order valence-electron chi connectivity index (χ0n) is 19.6. The molecule has 2 aromatic rings. The van der Waals surface area contributed by atoms with Gasteiger partial charge in [0.1, 0.15) is 30.2 Å². The molecule has 3 saturated heterocycles. The Balaban J connectivity index is 1.37. The average molecular weight is 482 g/mol. The summed E-state index contributed by atoms with van der Waals surface area (Å²) in [7, 11) is 0. The summed E-state index contributed by atoms with van der Waals surface area (Å²) >= 11 is 0. The van der Waals surface area contributed by atoms with E-state index in [1.165, 1.54) is 4.90 Å². The van der Waals surface area contributed by atoms with Gasteiger partial charge in [-0.05, 0) is 24.1 Å². The van der Waals surface area contributed by atoms with E-state index in [2.05, 4.69) is 0 Å². The van der Waals surface area contributed by atoms with Crippen LogP contribution in [0.1, 0.15) is 25.3 Å². The van der Waals surface area contributed by atoms with Gasteiger partial charge in [0.2, 0.25) is 6.10 Å². The summed E-state index contributed by atoms with van der Waals surface area (Å²) in [6.07, 6.45) is -0.857. The second-order valence-electron chi connectivity index (χ2n) is 9.06. The molecule has 186 valence electrons. The predicted octanol–water partition coefficient (Wildman–Crippen LogP) is 2.35. The molecule has 2 N–H and O–H groups in total. The Labute approximate surface area is 204 Å². The number of β-lactam (4-membered cyclic amide) rings is 1. The Morgan fingerprint density at radius 2 is 1.74 bits per heavy atom. The highest BCUT2D eigenvalue weighted by atomic mass is 16.7. The van der Waals surface area contributed by atoms with Crippen molar-refractivity contribution in [2.45, 2.75) is 68.8 Å². The van der Waals surface area contributed by atoms with Gasteiger partial charge in [-0.2, -0.15) is 0 Å². The van der Waals surface area contributed by atoms with Crippen LogP contribution in [0, 0.1) is 0 Å². The van der Waals surface area contributed by atoms with E-state index in [1.54, 1.807) is 12.1 Å². The van der Waals surface area contributed by atoms with Crippen LogP contribution in [0.5, 0.6) is 5.75 Å². The predicted molar refractivity (Wildman–Crippen MR) is 127 cm³/mol. The Morgan fingerprint density at radius 1 is 1.03 bits per heavy atom. The average Bonchev–Trinajstić information content (AvgIpc) is 2.89. The lowest BCUT2D eigenvalue weighted by Gasteiger charge is -2.54. The van der Waals surface area contributed by atoms with Gasteiger partial charge in [-0.25, -0.2) is 0 Å². The van der Waals surface area contributed by atoms with Crippen molar-refractivity contribution in [2.75, 3.05) is 6.61 Å². The van der Waals surface area contributed by atoms with Gasteiger partial charge in [-0.3, -0.25) is 4.79 Å². The van der Waals surface area contributed by atoms with Crippen LogP contribution in [0.15, 0.2) is 66.7 Å². The molecule has 0 spiro atoms. The highest BCUT2D eigenvalue weighted by Crippen LogP contribution is 2.37. The molecule has 3 aliphatic heterocycles. The fourth-order valence-corrected chi connectivity index (χ4v) is 4.79. The van der Waals surface area contributed by atoms with Crippen molar-refractivity contribution in [1.82, 2.24) is 4.90 Å². The van der Waals surface area contributed by atoms with Crippen LogP contribution in [0.25, 0.3) is 6.08 Å². The third-order valence-electron chi connectivity index (χ3n) is 6.63. The number of rotatable bonds is 7. The molecule has 0 unspecified atom stereocenters. The minimum absolute atomic E-state index is 0.214. The maximum atomic E-state index is 13.3. The SMILES string of the molecule is CCC[C@@H]1OC[C@H]2O[C@@H](N3C(=O)[C@H](Oc4ccccc4)[C@@H]3/C=C/c3ccccc3)[C@H](O)[C@@H](O)[C@@H]2O1. The van der Waals surface area contributed by atoms with Crippen molar-refractivity contribution >= 4 is 12.0 Å². The Kier molecular flexibility index (Phi) is 7.17. The van der Waals surface area contributed by atoms with E-state index in [9.17, 15) is 15.0 Å². The van der Waals surface area contributed by atoms with E-state index in [4.69, 9.17) is 18.9 Å². The third kappa shape index (κ3) is 4.85. The van der Waals surface area contributed by atoms with Crippen molar-refractivity contribution in [3.8, 4) is 5.75 Å². The number of amides is 1. The number of para-hydroxylation sites is 1. The summed E-state index contributed by atoms with van der Waals surface area (Å²) in [6, 6.07) is 18.3. The van der Waals surface area contributed by atoms with Gasteiger partial charge >= 0.3 is 0 Å². The molecule has 3 aliphatic rings. The van der Waals surface area contributed by atoms with E-state index in [-0.39, 0.29) is 12.5 Å². The van der Waals surface area contributed by atoms with E-state index >= 15 is 0 Å². The van der Waals surface area contributed by atoms with Gasteiger partial charge in [-0.15, -0.1) is 0 Å². The molecular weight excluding hydrogens is 450 g/mol. The van der Waals surface area contributed by atoms with Crippen molar-refractivity contribution < 1.29 is 34.0 Å². The van der Waals surface area contributed by atoms with Gasteiger partial charge in [-0.1, -0.05) is 74.0 Å². The summed E-state index contributed by atoms with van der Waals surface area (Å²) in [5.41, 5.74) is 0.964. The van der Waals surface area contributed by atoms with Crippen LogP contribution in [0.4, 0.5) is 0 Å². The maximum Gasteiger partial charge on any atom is 0.268 e. The normalized spacial score (nSPS) is 34.9.